The smallest absolute Gasteiger partial charge is 0.305 e. The third-order valence-electron chi connectivity index (χ3n) is 5.24. The van der Waals surface area contributed by atoms with E-state index in [2.05, 4.69) is 26.4 Å². The molecular formula is C24H23N5O4. The van der Waals surface area contributed by atoms with E-state index in [1.165, 1.54) is 6.20 Å². The van der Waals surface area contributed by atoms with Crippen LogP contribution in [0, 0.1) is 6.92 Å². The number of furan rings is 1. The molecule has 2 aromatic heterocycles. The third kappa shape index (κ3) is 5.15. The first kappa shape index (κ1) is 21.9. The van der Waals surface area contributed by atoms with Gasteiger partial charge in [0.05, 0.1) is 12.1 Å². The molecule has 0 saturated carbocycles. The van der Waals surface area contributed by atoms with E-state index in [-0.39, 0.29) is 23.8 Å². The van der Waals surface area contributed by atoms with Gasteiger partial charge in [0, 0.05) is 23.7 Å². The van der Waals surface area contributed by atoms with Gasteiger partial charge < -0.3 is 4.42 Å². The molecule has 0 saturated heterocycles. The highest BCUT2D eigenvalue weighted by molar-refractivity contribution is 6.07. The molecule has 3 amide bonds. The quantitative estimate of drug-likeness (QED) is 0.520. The van der Waals surface area contributed by atoms with Crippen LogP contribution in [0.3, 0.4) is 0 Å². The van der Waals surface area contributed by atoms with Gasteiger partial charge in [0.2, 0.25) is 5.91 Å². The number of carbonyl (C=O) groups is 3. The summed E-state index contributed by atoms with van der Waals surface area (Å²) in [6.45, 7) is 1.75. The molecule has 9 nitrogen and oxygen atoms in total. The van der Waals surface area contributed by atoms with E-state index in [1.807, 2.05) is 30.3 Å². The average Bonchev–Trinajstić information content (AvgIpc) is 3.19. The Balaban J connectivity index is 1.44. The Morgan fingerprint density at radius 1 is 1.00 bits per heavy atom. The van der Waals surface area contributed by atoms with Gasteiger partial charge in [0.1, 0.15) is 11.5 Å². The molecule has 3 N–H and O–H groups in total. The molecule has 1 aliphatic rings. The predicted octanol–water partition coefficient (Wildman–Crippen LogP) is 2.46. The van der Waals surface area contributed by atoms with Crippen molar-refractivity contribution in [2.45, 2.75) is 32.6 Å². The van der Waals surface area contributed by atoms with E-state index < -0.39 is 11.8 Å². The van der Waals surface area contributed by atoms with Crippen molar-refractivity contribution in [2.24, 2.45) is 5.10 Å². The van der Waals surface area contributed by atoms with Crippen LogP contribution in [0.4, 0.5) is 0 Å². The van der Waals surface area contributed by atoms with Crippen LogP contribution in [0.2, 0.25) is 0 Å². The molecule has 0 unspecified atom stereocenters. The van der Waals surface area contributed by atoms with Crippen LogP contribution in [-0.2, 0) is 17.6 Å². The highest BCUT2D eigenvalue weighted by Crippen LogP contribution is 2.29. The maximum atomic E-state index is 12.7. The van der Waals surface area contributed by atoms with Crippen molar-refractivity contribution in [3.8, 4) is 0 Å². The number of nitrogens with zero attached hydrogens (tertiary/aromatic N) is 2. The first-order valence-corrected chi connectivity index (χ1v) is 10.6. The summed E-state index contributed by atoms with van der Waals surface area (Å²) in [7, 11) is 0. The standard InChI is InChI=1S/C24H23N5O4/c1-15-21-17(26-28-23(31)18-10-5-6-13-25-18)11-7-12-19(21)33-22(15)24(32)29-27-20(30)14-16-8-3-2-4-9-16/h2-6,8-10,13H,7,11-12,14H2,1H3,(H,27,30)(H,28,31)(H,29,32)/b26-17+. The van der Waals surface area contributed by atoms with Crippen LogP contribution in [0.5, 0.6) is 0 Å². The number of hydrogen-bond donors (Lipinski definition) is 3. The van der Waals surface area contributed by atoms with E-state index >= 15 is 0 Å². The molecule has 0 aliphatic heterocycles. The Morgan fingerprint density at radius 2 is 1.79 bits per heavy atom. The van der Waals surface area contributed by atoms with Crippen molar-refractivity contribution >= 4 is 23.4 Å². The fraction of sp³-hybridized carbons (Fsp3) is 0.208. The molecule has 1 aromatic carbocycles. The first-order chi connectivity index (χ1) is 16.0. The van der Waals surface area contributed by atoms with Crippen LogP contribution in [0.1, 0.15) is 56.3 Å². The molecule has 1 aliphatic carbocycles. The number of nitrogens with one attached hydrogen (secondary N) is 3. The lowest BCUT2D eigenvalue weighted by molar-refractivity contribution is -0.121. The number of carbonyl (C=O) groups excluding carboxylic acids is 3. The number of aromatic nitrogens is 1. The monoisotopic (exact) mass is 445 g/mol. The van der Waals surface area contributed by atoms with Crippen LogP contribution in [-0.4, -0.2) is 28.4 Å². The number of pyridine rings is 1. The zero-order valence-electron chi connectivity index (χ0n) is 18.1. The molecular weight excluding hydrogens is 422 g/mol. The van der Waals surface area contributed by atoms with Gasteiger partial charge in [-0.05, 0) is 37.5 Å². The molecule has 0 atom stereocenters. The van der Waals surface area contributed by atoms with E-state index in [1.54, 1.807) is 25.1 Å². The fourth-order valence-corrected chi connectivity index (χ4v) is 3.68. The van der Waals surface area contributed by atoms with Crippen LogP contribution in [0.15, 0.2) is 64.2 Å². The second kappa shape index (κ2) is 9.90. The van der Waals surface area contributed by atoms with Gasteiger partial charge in [-0.25, -0.2) is 5.43 Å². The summed E-state index contributed by atoms with van der Waals surface area (Å²) < 4.78 is 5.80. The number of hydrazone groups is 1. The van der Waals surface area contributed by atoms with Crippen molar-refractivity contribution < 1.29 is 18.8 Å². The molecule has 0 bridgehead atoms. The van der Waals surface area contributed by atoms with E-state index in [0.717, 1.165) is 12.0 Å². The zero-order valence-corrected chi connectivity index (χ0v) is 18.1. The van der Waals surface area contributed by atoms with Crippen molar-refractivity contribution in [2.75, 3.05) is 0 Å². The third-order valence-corrected chi connectivity index (χ3v) is 5.24. The number of hydrogen-bond acceptors (Lipinski definition) is 6. The second-order valence-corrected chi connectivity index (χ2v) is 7.59. The Kier molecular flexibility index (Phi) is 6.58. The maximum Gasteiger partial charge on any atom is 0.305 e. The van der Waals surface area contributed by atoms with Gasteiger partial charge in [-0.15, -0.1) is 0 Å². The molecule has 0 radical (unpaired) electrons. The molecule has 33 heavy (non-hydrogen) atoms. The summed E-state index contributed by atoms with van der Waals surface area (Å²) in [6, 6.07) is 14.3. The highest BCUT2D eigenvalue weighted by atomic mass is 16.4. The Morgan fingerprint density at radius 3 is 2.55 bits per heavy atom. The SMILES string of the molecule is Cc1c(C(=O)NNC(=O)Cc2ccccc2)oc2c1/C(=N/NC(=O)c1ccccn1)CCC2. The van der Waals surface area contributed by atoms with E-state index in [0.29, 0.717) is 35.4 Å². The summed E-state index contributed by atoms with van der Waals surface area (Å²) in [5.74, 6) is -0.588. The fourth-order valence-electron chi connectivity index (χ4n) is 3.68. The Labute approximate surface area is 190 Å². The van der Waals surface area contributed by atoms with Gasteiger partial charge in [-0.1, -0.05) is 36.4 Å². The lowest BCUT2D eigenvalue weighted by Gasteiger charge is -2.13. The molecule has 3 aromatic rings. The van der Waals surface area contributed by atoms with Gasteiger partial charge in [0.15, 0.2) is 5.76 Å². The van der Waals surface area contributed by atoms with Crippen LogP contribution < -0.4 is 16.3 Å². The van der Waals surface area contributed by atoms with Crippen LogP contribution in [0.25, 0.3) is 0 Å². The topological polar surface area (TPSA) is 126 Å². The molecule has 0 spiro atoms. The minimum Gasteiger partial charge on any atom is -0.455 e. The molecule has 9 heteroatoms. The molecule has 2 heterocycles. The van der Waals surface area contributed by atoms with Crippen molar-refractivity contribution in [1.29, 1.82) is 0 Å². The van der Waals surface area contributed by atoms with Gasteiger partial charge in [-0.2, -0.15) is 5.10 Å². The summed E-state index contributed by atoms with van der Waals surface area (Å²) in [5.41, 5.74) is 10.4. The molecule has 4 rings (SSSR count). The number of amides is 3. The highest BCUT2D eigenvalue weighted by Gasteiger charge is 2.28. The van der Waals surface area contributed by atoms with Gasteiger partial charge >= 0.3 is 5.91 Å². The number of benzene rings is 1. The normalized spacial score (nSPS) is 13.8. The van der Waals surface area contributed by atoms with E-state index in [9.17, 15) is 14.4 Å². The minimum absolute atomic E-state index is 0.102. The summed E-state index contributed by atoms with van der Waals surface area (Å²) in [5, 5.41) is 4.27. The lowest BCUT2D eigenvalue weighted by Crippen LogP contribution is -2.42. The van der Waals surface area contributed by atoms with Gasteiger partial charge in [-0.3, -0.25) is 30.2 Å². The Bertz CT molecular complexity index is 1200. The summed E-state index contributed by atoms with van der Waals surface area (Å²) >= 11 is 0. The molecule has 168 valence electrons. The zero-order chi connectivity index (χ0) is 23.2. The summed E-state index contributed by atoms with van der Waals surface area (Å²) in [4.78, 5) is 41.1. The number of fused-ring (bicyclic) bond motifs is 1. The lowest BCUT2D eigenvalue weighted by atomic mass is 9.93. The van der Waals surface area contributed by atoms with Crippen molar-refractivity contribution in [3.63, 3.8) is 0 Å². The maximum absolute atomic E-state index is 12.7. The van der Waals surface area contributed by atoms with E-state index in [4.69, 9.17) is 4.42 Å². The number of rotatable bonds is 5. The average molecular weight is 445 g/mol. The largest absolute Gasteiger partial charge is 0.455 e. The first-order valence-electron chi connectivity index (χ1n) is 10.6. The van der Waals surface area contributed by atoms with Crippen molar-refractivity contribution in [1.82, 2.24) is 21.3 Å². The minimum atomic E-state index is -0.555. The van der Waals surface area contributed by atoms with Crippen LogP contribution >= 0.6 is 0 Å². The predicted molar refractivity (Wildman–Crippen MR) is 120 cm³/mol. The number of hydrazine groups is 1. The second-order valence-electron chi connectivity index (χ2n) is 7.59. The summed E-state index contributed by atoms with van der Waals surface area (Å²) in [6.07, 6.45) is 3.72. The van der Waals surface area contributed by atoms with Crippen molar-refractivity contribution in [3.05, 3.63) is 88.6 Å². The Hall–Kier alpha value is -4.27. The number of aryl methyl sites for hydroxylation is 1. The van der Waals surface area contributed by atoms with Gasteiger partial charge in [0.25, 0.3) is 5.91 Å². The molecule has 0 fully saturated rings.